The lowest BCUT2D eigenvalue weighted by molar-refractivity contribution is -1.01. The van der Waals surface area contributed by atoms with Gasteiger partial charge in [-0.2, -0.15) is 0 Å². The summed E-state index contributed by atoms with van der Waals surface area (Å²) in [5.41, 5.74) is 0.579. The molecule has 1 aliphatic rings. The minimum Gasteiger partial charge on any atom is -0.321 e. The maximum absolute atomic E-state index is 12.2. The predicted octanol–water partition coefficient (Wildman–Crippen LogP) is 0.977. The number of hydrogen-bond donors (Lipinski definition) is 3. The van der Waals surface area contributed by atoms with E-state index >= 15 is 0 Å². The molecular weight excluding hydrogens is 365 g/mol. The average Bonchev–Trinajstić information content (AvgIpc) is 3.06. The Balaban J connectivity index is 1.45. The highest BCUT2D eigenvalue weighted by molar-refractivity contribution is 7.09. The molecule has 0 radical (unpaired) electrons. The molecule has 0 bridgehead atoms. The zero-order valence-corrected chi connectivity index (χ0v) is 15.6. The number of hydrogen-bond acceptors (Lipinski definition) is 2. The zero-order valence-electron chi connectivity index (χ0n) is 13.3. The lowest BCUT2D eigenvalue weighted by Crippen LogP contribution is -3.28. The molecule has 3 rings (SSSR count). The number of nitrogens with one attached hydrogen (secondary N) is 3. The minimum atomic E-state index is -0.0177. The van der Waals surface area contributed by atoms with Gasteiger partial charge in [0.2, 0.25) is 0 Å². The molecule has 2 heterocycles. The molecule has 0 saturated carbocycles. The molecule has 3 N–H and O–H groups in total. The third-order valence-corrected chi connectivity index (χ3v) is 5.72. The van der Waals surface area contributed by atoms with Crippen LogP contribution in [-0.2, 0) is 11.3 Å². The first-order valence-corrected chi connectivity index (χ1v) is 9.68. The summed E-state index contributed by atoms with van der Waals surface area (Å²) >= 11 is 13.9. The molecular formula is C17H21Cl2N3OS+2. The second kappa shape index (κ2) is 8.32. The first-order valence-electron chi connectivity index (χ1n) is 8.04. The predicted molar refractivity (Wildman–Crippen MR) is 99.4 cm³/mol. The lowest BCUT2D eigenvalue weighted by Gasteiger charge is -2.29. The van der Waals surface area contributed by atoms with Gasteiger partial charge in [-0.1, -0.05) is 29.3 Å². The normalized spacial score (nSPS) is 20.8. The van der Waals surface area contributed by atoms with E-state index in [4.69, 9.17) is 23.2 Å². The van der Waals surface area contributed by atoms with Crippen LogP contribution in [0.25, 0.3) is 0 Å². The summed E-state index contributed by atoms with van der Waals surface area (Å²) in [6, 6.07) is 9.38. The number of amides is 1. The molecule has 1 aromatic heterocycles. The maximum atomic E-state index is 12.2. The van der Waals surface area contributed by atoms with Gasteiger partial charge in [-0.15, -0.1) is 11.3 Å². The molecule has 24 heavy (non-hydrogen) atoms. The van der Waals surface area contributed by atoms with Crippen LogP contribution in [0.2, 0.25) is 10.0 Å². The Morgan fingerprint density at radius 1 is 1.12 bits per heavy atom. The zero-order chi connectivity index (χ0) is 16.9. The number of benzene rings is 1. The van der Waals surface area contributed by atoms with Crippen molar-refractivity contribution in [3.63, 3.8) is 0 Å². The molecule has 1 aliphatic heterocycles. The standard InChI is InChI=1S/C17H19Cl2N3OS/c18-13-3-4-15(19)16(10-13)20-17(23)12-22-7-5-21(6-8-22)11-14-2-1-9-24-14/h1-4,9-10H,5-8,11-12H2,(H,20,23)/p+2. The van der Waals surface area contributed by atoms with Crippen LogP contribution in [0.4, 0.5) is 5.69 Å². The Bertz CT molecular complexity index is 685. The summed E-state index contributed by atoms with van der Waals surface area (Å²) < 4.78 is 0. The number of thiophene rings is 1. The van der Waals surface area contributed by atoms with E-state index in [0.29, 0.717) is 22.3 Å². The van der Waals surface area contributed by atoms with Crippen LogP contribution in [0.1, 0.15) is 4.88 Å². The number of rotatable bonds is 5. The van der Waals surface area contributed by atoms with Crippen molar-refractivity contribution in [3.8, 4) is 0 Å². The van der Waals surface area contributed by atoms with E-state index in [0.717, 1.165) is 32.7 Å². The van der Waals surface area contributed by atoms with Crippen molar-refractivity contribution >= 4 is 46.1 Å². The largest absolute Gasteiger partial charge is 0.321 e. The van der Waals surface area contributed by atoms with Gasteiger partial charge < -0.3 is 15.1 Å². The lowest BCUT2D eigenvalue weighted by atomic mass is 10.3. The van der Waals surface area contributed by atoms with Gasteiger partial charge in [0.15, 0.2) is 6.54 Å². The summed E-state index contributed by atoms with van der Waals surface area (Å²) in [5.74, 6) is -0.0177. The van der Waals surface area contributed by atoms with Gasteiger partial charge in [-0.25, -0.2) is 0 Å². The Kier molecular flexibility index (Phi) is 6.14. The molecule has 2 aromatic rings. The number of carbonyl (C=O) groups excluding carboxylic acids is 1. The van der Waals surface area contributed by atoms with Crippen molar-refractivity contribution in [1.82, 2.24) is 0 Å². The topological polar surface area (TPSA) is 38.0 Å². The number of anilines is 1. The number of halogens is 2. The first-order chi connectivity index (χ1) is 11.6. The Hall–Kier alpha value is -1.11. The number of piperazine rings is 1. The molecule has 0 unspecified atom stereocenters. The van der Waals surface area contributed by atoms with Gasteiger partial charge in [0, 0.05) is 5.02 Å². The Morgan fingerprint density at radius 3 is 2.58 bits per heavy atom. The number of carbonyl (C=O) groups is 1. The summed E-state index contributed by atoms with van der Waals surface area (Å²) in [4.78, 5) is 16.6. The quantitative estimate of drug-likeness (QED) is 0.704. The van der Waals surface area contributed by atoms with Crippen molar-refractivity contribution in [2.45, 2.75) is 6.54 Å². The molecule has 1 aromatic carbocycles. The van der Waals surface area contributed by atoms with Gasteiger partial charge in [-0.3, -0.25) is 4.79 Å². The van der Waals surface area contributed by atoms with Gasteiger partial charge in [0.25, 0.3) is 5.91 Å². The Labute approximate surface area is 156 Å². The molecule has 0 aliphatic carbocycles. The summed E-state index contributed by atoms with van der Waals surface area (Å²) in [5, 5.41) is 6.06. The monoisotopic (exact) mass is 385 g/mol. The number of quaternary nitrogens is 2. The second-order valence-corrected chi connectivity index (χ2v) is 7.98. The third kappa shape index (κ3) is 4.94. The molecule has 128 valence electrons. The van der Waals surface area contributed by atoms with E-state index in [9.17, 15) is 4.79 Å². The van der Waals surface area contributed by atoms with Crippen molar-refractivity contribution < 1.29 is 14.6 Å². The fourth-order valence-corrected chi connectivity index (χ4v) is 4.10. The van der Waals surface area contributed by atoms with E-state index in [1.807, 2.05) is 11.3 Å². The highest BCUT2D eigenvalue weighted by Gasteiger charge is 2.25. The van der Waals surface area contributed by atoms with Crippen LogP contribution in [0, 0.1) is 0 Å². The van der Waals surface area contributed by atoms with E-state index in [1.165, 1.54) is 9.78 Å². The fourth-order valence-electron chi connectivity index (χ4n) is 2.98. The van der Waals surface area contributed by atoms with Crippen molar-refractivity contribution in [3.05, 3.63) is 50.6 Å². The van der Waals surface area contributed by atoms with Crippen molar-refractivity contribution in [2.24, 2.45) is 0 Å². The van der Waals surface area contributed by atoms with Crippen molar-refractivity contribution in [1.29, 1.82) is 0 Å². The molecule has 0 atom stereocenters. The molecule has 7 heteroatoms. The minimum absolute atomic E-state index is 0.0177. The van der Waals surface area contributed by atoms with Crippen LogP contribution < -0.4 is 15.1 Å². The molecule has 1 amide bonds. The highest BCUT2D eigenvalue weighted by atomic mass is 35.5. The fraction of sp³-hybridized carbons (Fsp3) is 0.353. The van der Waals surface area contributed by atoms with Crippen LogP contribution in [0.15, 0.2) is 35.7 Å². The summed E-state index contributed by atoms with van der Waals surface area (Å²) in [7, 11) is 0. The van der Waals surface area contributed by atoms with Gasteiger partial charge in [0.1, 0.15) is 32.7 Å². The highest BCUT2D eigenvalue weighted by Crippen LogP contribution is 2.25. The molecule has 0 spiro atoms. The summed E-state index contributed by atoms with van der Waals surface area (Å²) in [6.07, 6.45) is 0. The SMILES string of the molecule is O=C(C[NH+]1CC[NH+](Cc2cccs2)CC1)Nc1cc(Cl)ccc1Cl. The van der Waals surface area contributed by atoms with Gasteiger partial charge in [0.05, 0.1) is 15.6 Å². The van der Waals surface area contributed by atoms with E-state index in [-0.39, 0.29) is 5.91 Å². The first kappa shape index (κ1) is 17.7. The molecule has 4 nitrogen and oxygen atoms in total. The smallest absolute Gasteiger partial charge is 0.279 e. The Morgan fingerprint density at radius 2 is 1.88 bits per heavy atom. The van der Waals surface area contributed by atoms with Gasteiger partial charge in [-0.05, 0) is 29.6 Å². The third-order valence-electron chi connectivity index (χ3n) is 4.28. The average molecular weight is 386 g/mol. The second-order valence-electron chi connectivity index (χ2n) is 6.11. The van der Waals surface area contributed by atoms with E-state index in [2.05, 4.69) is 22.8 Å². The van der Waals surface area contributed by atoms with Crippen molar-refractivity contribution in [2.75, 3.05) is 38.0 Å². The van der Waals surface area contributed by atoms with Crippen LogP contribution >= 0.6 is 34.5 Å². The molecule has 1 fully saturated rings. The van der Waals surface area contributed by atoms with Crippen LogP contribution in [0.3, 0.4) is 0 Å². The maximum Gasteiger partial charge on any atom is 0.279 e. The van der Waals surface area contributed by atoms with E-state index < -0.39 is 0 Å². The molecule has 1 saturated heterocycles. The van der Waals surface area contributed by atoms with Gasteiger partial charge >= 0.3 is 0 Å². The van der Waals surface area contributed by atoms with E-state index in [1.54, 1.807) is 23.1 Å². The van der Waals surface area contributed by atoms with Crippen LogP contribution in [0.5, 0.6) is 0 Å². The summed E-state index contributed by atoms with van der Waals surface area (Å²) in [6.45, 7) is 5.77. The van der Waals surface area contributed by atoms with Crippen LogP contribution in [-0.4, -0.2) is 38.6 Å².